The number of amides is 1. The van der Waals surface area contributed by atoms with E-state index in [1.807, 2.05) is 0 Å². The molecule has 1 aromatic rings. The predicted molar refractivity (Wildman–Crippen MR) is 85.0 cm³/mol. The summed E-state index contributed by atoms with van der Waals surface area (Å²) < 4.78 is 20.0. The quantitative estimate of drug-likeness (QED) is 0.859. The number of likely N-dealkylation sites (tertiary alicyclic amines) is 2. The molecule has 1 saturated carbocycles. The average molecular weight is 320 g/mol. The number of piperidine rings is 1. The zero-order chi connectivity index (χ0) is 15.9. The monoisotopic (exact) mass is 320 g/mol. The normalized spacial score (nSPS) is 32.4. The molecule has 0 bridgehead atoms. The molecule has 3 heterocycles. The third kappa shape index (κ3) is 2.80. The minimum Gasteiger partial charge on any atom is -0.459 e. The highest BCUT2D eigenvalue weighted by atomic mass is 19.1. The fraction of sp³-hybridized carbons (Fsp3) is 0.722. The maximum absolute atomic E-state index is 14.7. The van der Waals surface area contributed by atoms with E-state index in [0.717, 1.165) is 32.0 Å². The van der Waals surface area contributed by atoms with Gasteiger partial charge in [-0.05, 0) is 43.7 Å². The number of nitrogens with zero attached hydrogens (tertiary/aromatic N) is 2. The lowest BCUT2D eigenvalue weighted by atomic mass is 9.76. The summed E-state index contributed by atoms with van der Waals surface area (Å²) in [6, 6.07) is 3.40. The number of furan rings is 1. The van der Waals surface area contributed by atoms with E-state index in [0.29, 0.717) is 25.3 Å². The van der Waals surface area contributed by atoms with Crippen LogP contribution in [0.15, 0.2) is 22.8 Å². The van der Waals surface area contributed by atoms with Gasteiger partial charge in [0.05, 0.1) is 6.26 Å². The molecule has 3 fully saturated rings. The predicted octanol–water partition coefficient (Wildman–Crippen LogP) is 2.96. The van der Waals surface area contributed by atoms with Gasteiger partial charge in [-0.3, -0.25) is 4.79 Å². The highest BCUT2D eigenvalue weighted by Gasteiger charge is 2.49. The maximum Gasteiger partial charge on any atom is 0.289 e. The van der Waals surface area contributed by atoms with Gasteiger partial charge in [-0.1, -0.05) is 6.42 Å². The summed E-state index contributed by atoms with van der Waals surface area (Å²) in [7, 11) is 0. The second-order valence-corrected chi connectivity index (χ2v) is 7.60. The van der Waals surface area contributed by atoms with Crippen LogP contribution in [0.1, 0.15) is 42.7 Å². The van der Waals surface area contributed by atoms with Crippen LogP contribution in [0.25, 0.3) is 0 Å². The summed E-state index contributed by atoms with van der Waals surface area (Å²) in [5, 5.41) is 0. The molecular formula is C18H25FN2O2. The van der Waals surface area contributed by atoms with Crippen LogP contribution in [0, 0.1) is 11.3 Å². The molecule has 1 spiro atoms. The van der Waals surface area contributed by atoms with E-state index in [-0.39, 0.29) is 11.3 Å². The first-order valence-corrected chi connectivity index (χ1v) is 8.85. The van der Waals surface area contributed by atoms with Crippen molar-refractivity contribution in [2.45, 2.75) is 38.3 Å². The molecule has 1 aromatic heterocycles. The van der Waals surface area contributed by atoms with Crippen molar-refractivity contribution in [1.29, 1.82) is 0 Å². The van der Waals surface area contributed by atoms with Crippen LogP contribution >= 0.6 is 0 Å². The summed E-state index contributed by atoms with van der Waals surface area (Å²) in [5.74, 6) is 1.07. The van der Waals surface area contributed by atoms with Crippen molar-refractivity contribution in [2.24, 2.45) is 11.3 Å². The molecule has 1 amide bonds. The van der Waals surface area contributed by atoms with Gasteiger partial charge in [-0.25, -0.2) is 4.39 Å². The van der Waals surface area contributed by atoms with Gasteiger partial charge in [-0.2, -0.15) is 0 Å². The summed E-state index contributed by atoms with van der Waals surface area (Å²) in [6.07, 6.45) is 6.09. The van der Waals surface area contributed by atoms with Crippen molar-refractivity contribution >= 4 is 5.91 Å². The van der Waals surface area contributed by atoms with Gasteiger partial charge in [0.2, 0.25) is 0 Å². The van der Waals surface area contributed by atoms with Crippen LogP contribution < -0.4 is 0 Å². The van der Waals surface area contributed by atoms with E-state index in [2.05, 4.69) is 4.90 Å². The first kappa shape index (κ1) is 15.2. The molecule has 2 aliphatic heterocycles. The number of halogens is 1. The van der Waals surface area contributed by atoms with E-state index in [1.165, 1.54) is 25.5 Å². The topological polar surface area (TPSA) is 36.7 Å². The first-order chi connectivity index (χ1) is 11.2. The molecule has 2 atom stereocenters. The Hall–Kier alpha value is -1.36. The van der Waals surface area contributed by atoms with E-state index < -0.39 is 6.17 Å². The number of carbonyl (C=O) groups is 1. The molecule has 4 rings (SSSR count). The fourth-order valence-corrected chi connectivity index (χ4v) is 4.43. The fourth-order valence-electron chi connectivity index (χ4n) is 4.43. The molecule has 5 heteroatoms. The Kier molecular flexibility index (Phi) is 3.92. The molecule has 23 heavy (non-hydrogen) atoms. The first-order valence-electron chi connectivity index (χ1n) is 8.85. The SMILES string of the molecule is O=C(c1ccco1)N1CC[C@@]2(CN(CC3CCC3)CC[C@@H]2F)C1. The summed E-state index contributed by atoms with van der Waals surface area (Å²) >= 11 is 0. The van der Waals surface area contributed by atoms with Crippen LogP contribution in [0.2, 0.25) is 0 Å². The molecule has 3 aliphatic rings. The minimum absolute atomic E-state index is 0.102. The molecule has 1 aliphatic carbocycles. The largest absolute Gasteiger partial charge is 0.459 e. The molecule has 0 unspecified atom stereocenters. The summed E-state index contributed by atoms with van der Waals surface area (Å²) in [6.45, 7) is 3.94. The highest BCUT2D eigenvalue weighted by molar-refractivity contribution is 5.91. The Labute approximate surface area is 136 Å². The third-order valence-corrected chi connectivity index (χ3v) is 6.05. The van der Waals surface area contributed by atoms with Crippen LogP contribution in [-0.4, -0.2) is 54.6 Å². The molecule has 2 saturated heterocycles. The van der Waals surface area contributed by atoms with Gasteiger partial charge >= 0.3 is 0 Å². The molecular weight excluding hydrogens is 295 g/mol. The Morgan fingerprint density at radius 1 is 1.30 bits per heavy atom. The van der Waals surface area contributed by atoms with Crippen molar-refractivity contribution in [3.8, 4) is 0 Å². The van der Waals surface area contributed by atoms with Crippen molar-refractivity contribution in [1.82, 2.24) is 9.80 Å². The molecule has 0 aromatic carbocycles. The van der Waals surface area contributed by atoms with Gasteiger partial charge in [0.15, 0.2) is 5.76 Å². The number of hydrogen-bond donors (Lipinski definition) is 0. The van der Waals surface area contributed by atoms with Crippen LogP contribution in [0.4, 0.5) is 4.39 Å². The van der Waals surface area contributed by atoms with Gasteiger partial charge in [0.25, 0.3) is 5.91 Å². The molecule has 0 N–H and O–H groups in total. The number of rotatable bonds is 3. The van der Waals surface area contributed by atoms with Gasteiger partial charge < -0.3 is 14.2 Å². The Morgan fingerprint density at radius 3 is 2.87 bits per heavy atom. The lowest BCUT2D eigenvalue weighted by Crippen LogP contribution is -2.53. The number of hydrogen-bond acceptors (Lipinski definition) is 3. The van der Waals surface area contributed by atoms with E-state index >= 15 is 0 Å². The Morgan fingerprint density at radius 2 is 2.17 bits per heavy atom. The standard InChI is InChI=1S/C18H25FN2O2/c19-16-6-8-20(11-14-3-1-4-14)12-18(16)7-9-21(13-18)17(22)15-5-2-10-23-15/h2,5,10,14,16H,1,3-4,6-9,11-13H2/t16-,18+/m0/s1. The second-order valence-electron chi connectivity index (χ2n) is 7.60. The smallest absolute Gasteiger partial charge is 0.289 e. The number of alkyl halides is 1. The lowest BCUT2D eigenvalue weighted by Gasteiger charge is -2.44. The van der Waals surface area contributed by atoms with Gasteiger partial charge in [-0.15, -0.1) is 0 Å². The van der Waals surface area contributed by atoms with Crippen molar-refractivity contribution in [3.05, 3.63) is 24.2 Å². The minimum atomic E-state index is -0.797. The number of carbonyl (C=O) groups excluding carboxylic acids is 1. The zero-order valence-electron chi connectivity index (χ0n) is 13.5. The van der Waals surface area contributed by atoms with E-state index in [4.69, 9.17) is 4.42 Å². The summed E-state index contributed by atoms with van der Waals surface area (Å²) in [5.41, 5.74) is -0.371. The molecule has 4 nitrogen and oxygen atoms in total. The van der Waals surface area contributed by atoms with Crippen LogP contribution in [0.3, 0.4) is 0 Å². The van der Waals surface area contributed by atoms with Gasteiger partial charge in [0, 0.05) is 38.1 Å². The van der Waals surface area contributed by atoms with Crippen molar-refractivity contribution in [3.63, 3.8) is 0 Å². The van der Waals surface area contributed by atoms with E-state index in [9.17, 15) is 9.18 Å². The van der Waals surface area contributed by atoms with Crippen molar-refractivity contribution in [2.75, 3.05) is 32.7 Å². The van der Waals surface area contributed by atoms with E-state index in [1.54, 1.807) is 17.0 Å². The lowest BCUT2D eigenvalue weighted by molar-refractivity contribution is -0.00123. The Bertz CT molecular complexity index is 557. The molecule has 126 valence electrons. The highest BCUT2D eigenvalue weighted by Crippen LogP contribution is 2.42. The third-order valence-electron chi connectivity index (χ3n) is 6.05. The maximum atomic E-state index is 14.7. The zero-order valence-corrected chi connectivity index (χ0v) is 13.5. The average Bonchev–Trinajstić information content (AvgIpc) is 3.17. The Balaban J connectivity index is 1.43. The summed E-state index contributed by atoms with van der Waals surface area (Å²) in [4.78, 5) is 16.7. The van der Waals surface area contributed by atoms with Crippen LogP contribution in [-0.2, 0) is 0 Å². The molecule has 0 radical (unpaired) electrons. The second kappa shape index (κ2) is 5.93. The van der Waals surface area contributed by atoms with Crippen molar-refractivity contribution < 1.29 is 13.6 Å². The van der Waals surface area contributed by atoms with Gasteiger partial charge in [0.1, 0.15) is 6.17 Å². The van der Waals surface area contributed by atoms with Crippen LogP contribution in [0.5, 0.6) is 0 Å².